The molecule has 0 spiro atoms. The van der Waals surface area contributed by atoms with E-state index in [2.05, 4.69) is 42.5 Å². The van der Waals surface area contributed by atoms with Gasteiger partial charge in [-0.1, -0.05) is 76.6 Å². The van der Waals surface area contributed by atoms with Gasteiger partial charge in [-0.2, -0.15) is 0 Å². The van der Waals surface area contributed by atoms with Crippen LogP contribution in [0.4, 0.5) is 5.69 Å². The molecule has 2 bridgehead atoms. The summed E-state index contributed by atoms with van der Waals surface area (Å²) in [5.74, 6) is -6.07. The molecule has 0 unspecified atom stereocenters. The fourth-order valence-corrected chi connectivity index (χ4v) is 6.72. The van der Waals surface area contributed by atoms with Gasteiger partial charge in [0.15, 0.2) is 12.2 Å². The first kappa shape index (κ1) is 39.8. The van der Waals surface area contributed by atoms with Crippen molar-refractivity contribution in [3.8, 4) is 0 Å². The number of anilines is 1. The number of nitrogens with one attached hydrogen (secondary N) is 5. The third-order valence-electron chi connectivity index (χ3n) is 8.63. The van der Waals surface area contributed by atoms with Gasteiger partial charge in [0.1, 0.15) is 24.2 Å². The summed E-state index contributed by atoms with van der Waals surface area (Å²) in [6, 6.07) is 19.6. The van der Waals surface area contributed by atoms with Crippen LogP contribution < -0.4 is 26.6 Å². The van der Waals surface area contributed by atoms with Gasteiger partial charge in [0.25, 0.3) is 11.8 Å². The van der Waals surface area contributed by atoms with Crippen LogP contribution in [-0.4, -0.2) is 87.2 Å². The van der Waals surface area contributed by atoms with Gasteiger partial charge in [-0.3, -0.25) is 24.0 Å². The largest absolute Gasteiger partial charge is 0.480 e. The maximum absolute atomic E-state index is 14.2. The van der Waals surface area contributed by atoms with Crippen molar-refractivity contribution < 1.29 is 44.1 Å². The summed E-state index contributed by atoms with van der Waals surface area (Å²) in [6.07, 6.45) is -4.84. The molecule has 1 aromatic heterocycles. The van der Waals surface area contributed by atoms with E-state index < -0.39 is 71.9 Å². The summed E-state index contributed by atoms with van der Waals surface area (Å²) in [6.45, 7) is 0. The molecule has 0 radical (unpaired) electrons. The number of benzene rings is 3. The van der Waals surface area contributed by atoms with E-state index >= 15 is 0 Å². The van der Waals surface area contributed by atoms with Crippen LogP contribution in [0.1, 0.15) is 21.6 Å². The van der Waals surface area contributed by atoms with Crippen molar-refractivity contribution in [2.45, 2.75) is 62.1 Å². The Hall–Kier alpha value is -5.42. The number of halogens is 1. The zero-order valence-electron chi connectivity index (χ0n) is 28.6. The van der Waals surface area contributed by atoms with Crippen LogP contribution in [0.15, 0.2) is 101 Å². The molecular weight excluding hydrogens is 782 g/mol. The summed E-state index contributed by atoms with van der Waals surface area (Å²) in [5.41, 5.74) is 1.92. The normalized spacial score (nSPS) is 23.2. The third kappa shape index (κ3) is 11.1. The number of rotatable bonds is 7. The van der Waals surface area contributed by atoms with Gasteiger partial charge in [-0.05, 0) is 52.4 Å². The van der Waals surface area contributed by atoms with Gasteiger partial charge in [0.2, 0.25) is 17.7 Å². The highest BCUT2D eigenvalue weighted by Gasteiger charge is 2.35. The van der Waals surface area contributed by atoms with E-state index in [1.807, 2.05) is 0 Å². The maximum atomic E-state index is 14.2. The molecule has 2 aliphatic heterocycles. The van der Waals surface area contributed by atoms with Crippen molar-refractivity contribution >= 4 is 68.5 Å². The van der Waals surface area contributed by atoms with Crippen LogP contribution in [0.3, 0.4) is 0 Å². The lowest BCUT2D eigenvalue weighted by atomic mass is 10.0. The molecule has 3 aromatic carbocycles. The fourth-order valence-electron chi connectivity index (χ4n) is 5.70. The number of hydrogen-bond donors (Lipinski definition) is 8. The van der Waals surface area contributed by atoms with Crippen LogP contribution in [0, 0.1) is 0 Å². The number of aliphatic hydroxyl groups excluding tert-OH is 2. The molecule has 0 saturated heterocycles. The topological polar surface area (TPSA) is 223 Å². The Morgan fingerprint density at radius 2 is 1.17 bits per heavy atom. The molecule has 16 heteroatoms. The Bertz CT molecular complexity index is 1950. The zero-order chi connectivity index (χ0) is 38.8. The summed E-state index contributed by atoms with van der Waals surface area (Å²) in [4.78, 5) is 81.1. The van der Waals surface area contributed by atoms with E-state index in [0.717, 1.165) is 4.47 Å². The first-order valence-electron chi connectivity index (χ1n) is 16.9. The van der Waals surface area contributed by atoms with Crippen molar-refractivity contribution in [2.24, 2.45) is 0 Å². The second-order valence-electron chi connectivity index (χ2n) is 12.7. The zero-order valence-corrected chi connectivity index (χ0v) is 31.0. The molecule has 0 fully saturated rings. The van der Waals surface area contributed by atoms with Gasteiger partial charge < -0.3 is 41.9 Å². The smallest absolute Gasteiger partial charge is 0.326 e. The lowest BCUT2D eigenvalue weighted by Gasteiger charge is -2.27. The molecule has 6 rings (SSSR count). The lowest BCUT2D eigenvalue weighted by Crippen LogP contribution is -2.60. The lowest BCUT2D eigenvalue weighted by molar-refractivity contribution is -0.145. The number of fused-ring (bicyclic) bond motifs is 18. The fraction of sp³-hybridized carbons (Fsp3) is 0.263. The molecule has 282 valence electrons. The van der Waals surface area contributed by atoms with Gasteiger partial charge in [-0.15, -0.1) is 11.3 Å². The Kier molecular flexibility index (Phi) is 13.7. The summed E-state index contributed by atoms with van der Waals surface area (Å²) in [5, 5.41) is 45.9. The van der Waals surface area contributed by atoms with Gasteiger partial charge >= 0.3 is 5.97 Å². The number of thiophene rings is 1. The number of carboxylic acids is 1. The minimum Gasteiger partial charge on any atom is -0.480 e. The van der Waals surface area contributed by atoms with E-state index in [1.165, 1.54) is 35.6 Å². The molecule has 3 heterocycles. The Morgan fingerprint density at radius 3 is 1.74 bits per heavy atom. The van der Waals surface area contributed by atoms with Crippen molar-refractivity contribution in [1.82, 2.24) is 21.3 Å². The molecule has 8 N–H and O–H groups in total. The van der Waals surface area contributed by atoms with E-state index in [9.17, 15) is 44.1 Å². The highest BCUT2D eigenvalue weighted by atomic mass is 79.9. The van der Waals surface area contributed by atoms with Gasteiger partial charge in [0, 0.05) is 40.7 Å². The standard InChI is InChI=1S/C38H38BrN5O9S/c39-24-12-8-22(9-13-24)18-28-33(47)41-27(17-21-5-2-1-3-6-21)34(48)44-30(38(52)53)19-23-10-14-25(15-11-23)40-36(50)31(45)32(46)37(51)43-29(35(49)42-28)20-26-7-4-16-54-26/h1-16,27-32,45-46H,17-20H2,(H,40,50)(H,41,47)(H,42,49)(H,43,51)(H,44,48)(H,52,53)/t27-,28+,29-,30-,31-,32-/m1/s1. The molecule has 0 saturated carbocycles. The van der Waals surface area contributed by atoms with E-state index in [4.69, 9.17) is 0 Å². The molecule has 14 nitrogen and oxygen atoms in total. The van der Waals surface area contributed by atoms with E-state index in [1.54, 1.807) is 72.1 Å². The van der Waals surface area contributed by atoms with Crippen LogP contribution >= 0.6 is 27.3 Å². The third-order valence-corrected chi connectivity index (χ3v) is 10.1. The van der Waals surface area contributed by atoms with Crippen LogP contribution in [0.5, 0.6) is 0 Å². The minimum atomic E-state index is -2.29. The van der Waals surface area contributed by atoms with E-state index in [-0.39, 0.29) is 31.4 Å². The SMILES string of the molecule is O=C1N[C@H](Cc2ccccc2)C(=O)N[C@@H](C(=O)O)Cc2ccc(cc2)NC(=O)[C@H](O)[C@@H](O)C(=O)N[C@H](Cc2cccs2)C(=O)N[C@H]1Cc1ccc(Br)cc1. The molecule has 4 aromatic rings. The second kappa shape index (κ2) is 18.6. The Labute approximate surface area is 322 Å². The molecule has 0 aliphatic carbocycles. The summed E-state index contributed by atoms with van der Waals surface area (Å²) in [7, 11) is 0. The number of aliphatic carboxylic acids is 1. The molecule has 54 heavy (non-hydrogen) atoms. The first-order valence-corrected chi connectivity index (χ1v) is 18.5. The number of amides is 5. The van der Waals surface area contributed by atoms with Gasteiger partial charge in [0.05, 0.1) is 0 Å². The summed E-state index contributed by atoms with van der Waals surface area (Å²) >= 11 is 4.67. The minimum absolute atomic E-state index is 0.0185. The number of carboxylic acid groups (broad SMARTS) is 1. The highest BCUT2D eigenvalue weighted by Crippen LogP contribution is 2.17. The van der Waals surface area contributed by atoms with Crippen LogP contribution in [0.25, 0.3) is 0 Å². The van der Waals surface area contributed by atoms with Gasteiger partial charge in [-0.25, -0.2) is 4.79 Å². The predicted molar refractivity (Wildman–Crippen MR) is 202 cm³/mol. The average molecular weight is 821 g/mol. The Morgan fingerprint density at radius 1 is 0.630 bits per heavy atom. The molecule has 5 amide bonds. The molecular formula is C38H38BrN5O9S. The van der Waals surface area contributed by atoms with E-state index in [0.29, 0.717) is 21.6 Å². The summed E-state index contributed by atoms with van der Waals surface area (Å²) < 4.78 is 0.767. The quantitative estimate of drug-likeness (QED) is 0.126. The molecule has 6 atom stereocenters. The average Bonchev–Trinajstić information content (AvgIpc) is 3.67. The van der Waals surface area contributed by atoms with Crippen LogP contribution in [-0.2, 0) is 54.5 Å². The first-order chi connectivity index (χ1) is 25.9. The molecule has 2 aliphatic rings. The number of carbonyl (C=O) groups is 6. The second-order valence-corrected chi connectivity index (χ2v) is 14.6. The van der Waals surface area contributed by atoms with Crippen molar-refractivity contribution in [2.75, 3.05) is 5.32 Å². The number of aliphatic hydroxyl groups is 2. The predicted octanol–water partition coefficient (Wildman–Crippen LogP) is 1.48. The number of hydrogen-bond acceptors (Lipinski definition) is 9. The van der Waals surface area contributed by atoms with Crippen molar-refractivity contribution in [3.05, 3.63) is 122 Å². The monoisotopic (exact) mass is 819 g/mol. The Balaban J connectivity index is 1.53. The highest BCUT2D eigenvalue weighted by molar-refractivity contribution is 9.10. The van der Waals surface area contributed by atoms with Crippen LogP contribution in [0.2, 0.25) is 0 Å². The van der Waals surface area contributed by atoms with Crippen molar-refractivity contribution in [1.29, 1.82) is 0 Å². The van der Waals surface area contributed by atoms with Crippen molar-refractivity contribution in [3.63, 3.8) is 0 Å². The number of carbonyl (C=O) groups excluding carboxylic acids is 5. The maximum Gasteiger partial charge on any atom is 0.326 e.